The molecule has 0 spiro atoms. The number of halogens is 1. The molecule has 0 bridgehead atoms. The Hall–Kier alpha value is -2.84. The number of nitrogens with zero attached hydrogens (tertiary/aromatic N) is 3. The fourth-order valence-electron chi connectivity index (χ4n) is 4.42. The first kappa shape index (κ1) is 21.0. The topological polar surface area (TPSA) is 94.3 Å². The van der Waals surface area contributed by atoms with Crippen LogP contribution in [0, 0.1) is 0 Å². The standard InChI is InChI=1S/C23H26ClN5O3/c1-3-32-13-23(7-8-23)28(2)22(31)20-16-12-29(9-6-17(16)26-27-20)21(30)19-10-14-4-5-15(24)11-18(14)25-19/h4-5,10-11,25H,3,6-9,12-13H2,1-2H3,(H,26,27). The highest BCUT2D eigenvalue weighted by Crippen LogP contribution is 2.42. The summed E-state index contributed by atoms with van der Waals surface area (Å²) in [6.07, 6.45) is 2.48. The largest absolute Gasteiger partial charge is 0.379 e. The van der Waals surface area contributed by atoms with Gasteiger partial charge in [-0.25, -0.2) is 0 Å². The number of likely N-dealkylation sites (N-methyl/N-ethyl adjacent to an activating group) is 1. The number of aromatic nitrogens is 3. The van der Waals surface area contributed by atoms with Gasteiger partial charge in [0.2, 0.25) is 0 Å². The molecule has 1 aromatic carbocycles. The number of fused-ring (bicyclic) bond motifs is 2. The van der Waals surface area contributed by atoms with Crippen molar-refractivity contribution in [3.63, 3.8) is 0 Å². The van der Waals surface area contributed by atoms with Crippen molar-refractivity contribution >= 4 is 34.3 Å². The van der Waals surface area contributed by atoms with Crippen molar-refractivity contribution in [2.24, 2.45) is 0 Å². The summed E-state index contributed by atoms with van der Waals surface area (Å²) in [5.74, 6) is -0.236. The zero-order valence-electron chi connectivity index (χ0n) is 18.2. The fourth-order valence-corrected chi connectivity index (χ4v) is 4.59. The van der Waals surface area contributed by atoms with E-state index in [0.29, 0.717) is 49.1 Å². The third-order valence-electron chi connectivity index (χ3n) is 6.66. The number of amides is 2. The van der Waals surface area contributed by atoms with Gasteiger partial charge >= 0.3 is 0 Å². The minimum Gasteiger partial charge on any atom is -0.379 e. The Morgan fingerprint density at radius 3 is 2.88 bits per heavy atom. The second-order valence-electron chi connectivity index (χ2n) is 8.65. The first-order chi connectivity index (χ1) is 15.4. The van der Waals surface area contributed by atoms with Crippen LogP contribution < -0.4 is 0 Å². The maximum absolute atomic E-state index is 13.3. The fraction of sp³-hybridized carbons (Fsp3) is 0.435. The van der Waals surface area contributed by atoms with Crippen molar-refractivity contribution in [2.45, 2.75) is 38.3 Å². The average Bonchev–Trinajstić information content (AvgIpc) is 3.28. The number of hydrogen-bond acceptors (Lipinski definition) is 4. The van der Waals surface area contributed by atoms with E-state index in [1.807, 2.05) is 26.1 Å². The summed E-state index contributed by atoms with van der Waals surface area (Å²) in [5.41, 5.74) is 3.20. The molecular weight excluding hydrogens is 430 g/mol. The lowest BCUT2D eigenvalue weighted by molar-refractivity contribution is 0.0455. The first-order valence-corrected chi connectivity index (χ1v) is 11.3. The SMILES string of the molecule is CCOCC1(N(C)C(=O)c2n[nH]c3c2CN(C(=O)c2cc4ccc(Cl)cc4[nH]2)CC3)CC1. The summed E-state index contributed by atoms with van der Waals surface area (Å²) in [6, 6.07) is 7.33. The summed E-state index contributed by atoms with van der Waals surface area (Å²) in [5, 5.41) is 8.89. The smallest absolute Gasteiger partial charge is 0.274 e. The maximum Gasteiger partial charge on any atom is 0.274 e. The molecule has 1 saturated carbocycles. The molecule has 9 heteroatoms. The molecule has 3 aromatic rings. The van der Waals surface area contributed by atoms with Crippen molar-refractivity contribution in [2.75, 3.05) is 26.8 Å². The van der Waals surface area contributed by atoms with Gasteiger partial charge in [-0.1, -0.05) is 17.7 Å². The number of aromatic amines is 2. The van der Waals surface area contributed by atoms with E-state index in [1.165, 1.54) is 0 Å². The van der Waals surface area contributed by atoms with E-state index in [-0.39, 0.29) is 17.4 Å². The van der Waals surface area contributed by atoms with Gasteiger partial charge in [0.15, 0.2) is 5.69 Å². The Bertz CT molecular complexity index is 1200. The van der Waals surface area contributed by atoms with E-state index in [9.17, 15) is 9.59 Å². The molecular formula is C23H26ClN5O3. The molecule has 5 rings (SSSR count). The molecule has 2 aliphatic rings. The monoisotopic (exact) mass is 455 g/mol. The summed E-state index contributed by atoms with van der Waals surface area (Å²) >= 11 is 6.07. The molecule has 2 N–H and O–H groups in total. The van der Waals surface area contributed by atoms with E-state index in [4.69, 9.17) is 16.3 Å². The minimum absolute atomic E-state index is 0.106. The quantitative estimate of drug-likeness (QED) is 0.595. The third kappa shape index (κ3) is 3.57. The Balaban J connectivity index is 1.36. The summed E-state index contributed by atoms with van der Waals surface area (Å²) in [4.78, 5) is 33.2. The molecule has 1 aliphatic heterocycles. The number of ether oxygens (including phenoxy) is 1. The predicted molar refractivity (Wildman–Crippen MR) is 121 cm³/mol. The number of H-pyrrole nitrogens is 2. The van der Waals surface area contributed by atoms with Crippen LogP contribution in [0.3, 0.4) is 0 Å². The molecule has 168 valence electrons. The Morgan fingerprint density at radius 1 is 1.31 bits per heavy atom. The second kappa shape index (κ2) is 7.94. The minimum atomic E-state index is -0.241. The van der Waals surface area contributed by atoms with Gasteiger partial charge < -0.3 is 19.5 Å². The van der Waals surface area contributed by atoms with Gasteiger partial charge in [0, 0.05) is 53.8 Å². The lowest BCUT2D eigenvalue weighted by Crippen LogP contribution is -2.43. The number of benzene rings is 1. The summed E-state index contributed by atoms with van der Waals surface area (Å²) in [6.45, 7) is 4.01. The predicted octanol–water partition coefficient (Wildman–Crippen LogP) is 3.38. The van der Waals surface area contributed by atoms with Gasteiger partial charge in [-0.3, -0.25) is 14.7 Å². The van der Waals surface area contributed by atoms with Gasteiger partial charge in [0.1, 0.15) is 5.69 Å². The highest BCUT2D eigenvalue weighted by atomic mass is 35.5. The van der Waals surface area contributed by atoms with Crippen LogP contribution in [0.1, 0.15) is 52.0 Å². The third-order valence-corrected chi connectivity index (χ3v) is 6.89. The molecule has 0 atom stereocenters. The van der Waals surface area contributed by atoms with Crippen molar-refractivity contribution in [3.05, 3.63) is 51.9 Å². The maximum atomic E-state index is 13.3. The van der Waals surface area contributed by atoms with Gasteiger partial charge in [-0.05, 0) is 38.0 Å². The summed E-state index contributed by atoms with van der Waals surface area (Å²) in [7, 11) is 1.82. The Labute approximate surface area is 190 Å². The molecule has 32 heavy (non-hydrogen) atoms. The first-order valence-electron chi connectivity index (χ1n) is 10.9. The van der Waals surface area contributed by atoms with Crippen LogP contribution in [0.5, 0.6) is 0 Å². The molecule has 1 fully saturated rings. The van der Waals surface area contributed by atoms with E-state index in [1.54, 1.807) is 21.9 Å². The van der Waals surface area contributed by atoms with Gasteiger partial charge in [0.05, 0.1) is 18.7 Å². The zero-order chi connectivity index (χ0) is 22.5. The van der Waals surface area contributed by atoms with Crippen LogP contribution in [-0.2, 0) is 17.7 Å². The van der Waals surface area contributed by atoms with Crippen LogP contribution in [-0.4, -0.2) is 69.1 Å². The lowest BCUT2D eigenvalue weighted by Gasteiger charge is -2.29. The van der Waals surface area contributed by atoms with Crippen LogP contribution in [0.2, 0.25) is 5.02 Å². The highest BCUT2D eigenvalue weighted by molar-refractivity contribution is 6.31. The molecule has 3 heterocycles. The molecule has 0 saturated heterocycles. The van der Waals surface area contributed by atoms with E-state index >= 15 is 0 Å². The number of hydrogen-bond donors (Lipinski definition) is 2. The highest BCUT2D eigenvalue weighted by Gasteiger charge is 2.49. The molecule has 1 aliphatic carbocycles. The van der Waals surface area contributed by atoms with E-state index in [2.05, 4.69) is 15.2 Å². The average molecular weight is 456 g/mol. The van der Waals surface area contributed by atoms with Crippen molar-refractivity contribution in [1.29, 1.82) is 0 Å². The second-order valence-corrected chi connectivity index (χ2v) is 9.08. The number of nitrogens with one attached hydrogen (secondary N) is 2. The van der Waals surface area contributed by atoms with E-state index < -0.39 is 0 Å². The van der Waals surface area contributed by atoms with Crippen LogP contribution in [0.4, 0.5) is 0 Å². The molecule has 2 aromatic heterocycles. The lowest BCUT2D eigenvalue weighted by atomic mass is 10.0. The molecule has 0 radical (unpaired) electrons. The molecule has 0 unspecified atom stereocenters. The van der Waals surface area contributed by atoms with Gasteiger partial charge in [-0.15, -0.1) is 0 Å². The van der Waals surface area contributed by atoms with Crippen molar-refractivity contribution < 1.29 is 14.3 Å². The Morgan fingerprint density at radius 2 is 2.12 bits per heavy atom. The van der Waals surface area contributed by atoms with Gasteiger partial charge in [0.25, 0.3) is 11.8 Å². The van der Waals surface area contributed by atoms with Crippen molar-refractivity contribution in [3.8, 4) is 0 Å². The number of carbonyl (C=O) groups is 2. The van der Waals surface area contributed by atoms with E-state index in [0.717, 1.165) is 35.0 Å². The van der Waals surface area contributed by atoms with Gasteiger partial charge in [-0.2, -0.15) is 5.10 Å². The zero-order valence-corrected chi connectivity index (χ0v) is 19.0. The van der Waals surface area contributed by atoms with Crippen LogP contribution in [0.15, 0.2) is 24.3 Å². The Kier molecular flexibility index (Phi) is 5.22. The normalized spacial score (nSPS) is 16.8. The van der Waals surface area contributed by atoms with Crippen molar-refractivity contribution in [1.82, 2.24) is 25.0 Å². The summed E-state index contributed by atoms with van der Waals surface area (Å²) < 4.78 is 5.61. The molecule has 8 nitrogen and oxygen atoms in total. The van der Waals surface area contributed by atoms with Crippen LogP contribution >= 0.6 is 11.6 Å². The number of rotatable bonds is 6. The number of carbonyl (C=O) groups excluding carboxylic acids is 2. The molecule has 2 amide bonds. The van der Waals surface area contributed by atoms with Crippen LogP contribution in [0.25, 0.3) is 10.9 Å².